The van der Waals surface area contributed by atoms with Crippen molar-refractivity contribution < 1.29 is 66.7 Å². The van der Waals surface area contributed by atoms with E-state index in [2.05, 4.69) is 10.0 Å². The number of aromatic nitrogens is 1. The van der Waals surface area contributed by atoms with E-state index in [1.54, 1.807) is 49.4 Å². The van der Waals surface area contributed by atoms with Gasteiger partial charge in [-0.15, -0.1) is 11.8 Å². The second-order valence-corrected chi connectivity index (χ2v) is 29.6. The molecule has 2 aliphatic heterocycles. The molecule has 2 saturated heterocycles. The molecule has 17 nitrogen and oxygen atoms in total. The number of rotatable bonds is 22. The Morgan fingerprint density at radius 2 is 1.45 bits per heavy atom. The van der Waals surface area contributed by atoms with Crippen LogP contribution in [0.1, 0.15) is 44.8 Å². The van der Waals surface area contributed by atoms with Crippen LogP contribution in [0.5, 0.6) is 0 Å². The van der Waals surface area contributed by atoms with Crippen LogP contribution in [0.2, 0.25) is 5.02 Å². The lowest BCUT2D eigenvalue weighted by atomic mass is 9.97. The first-order valence-electron chi connectivity index (χ1n) is 26.5. The van der Waals surface area contributed by atoms with Gasteiger partial charge in [-0.3, -0.25) is 14.1 Å². The monoisotopic (exact) mass is 1270 g/mol. The molecule has 27 heteroatoms. The summed E-state index contributed by atoms with van der Waals surface area (Å²) in [4.78, 5) is 35.7. The molecule has 0 saturated carbocycles. The fourth-order valence-electron chi connectivity index (χ4n) is 10.4. The Kier molecular flexibility index (Phi) is 19.8. The first-order chi connectivity index (χ1) is 39.0. The highest BCUT2D eigenvalue weighted by Gasteiger charge is 2.48. The maximum absolute atomic E-state index is 15.8. The van der Waals surface area contributed by atoms with E-state index in [0.717, 1.165) is 23.3 Å². The number of hydrogen-bond donors (Lipinski definition) is 4. The number of sulfonamides is 1. The lowest BCUT2D eigenvalue weighted by Gasteiger charge is -2.37. The second kappa shape index (κ2) is 25.9. The number of carbonyl (C=O) groups is 1. The quantitative estimate of drug-likeness (QED) is 0.0215. The van der Waals surface area contributed by atoms with Crippen LogP contribution in [0, 0.1) is 18.7 Å². The first-order valence-corrected chi connectivity index (χ1v) is 34.5. The number of halogens is 5. The Bertz CT molecular complexity index is 3690. The summed E-state index contributed by atoms with van der Waals surface area (Å²) in [5.41, 5.74) is -2.42. The zero-order chi connectivity index (χ0) is 60.2. The Labute approximate surface area is 490 Å². The average molecular weight is 1270 g/mol. The largest absolute Gasteiger partial charge is 0.501 e. The van der Waals surface area contributed by atoms with Crippen molar-refractivity contribution in [3.05, 3.63) is 132 Å². The number of esters is 1. The van der Waals surface area contributed by atoms with Crippen LogP contribution in [-0.2, 0) is 43.8 Å². The van der Waals surface area contributed by atoms with Gasteiger partial charge in [-0.25, -0.2) is 29.6 Å². The third-order valence-corrected chi connectivity index (χ3v) is 20.8. The number of carbonyl (C=O) groups excluding carboxylic acids is 1. The molecule has 1 unspecified atom stereocenters. The Morgan fingerprint density at radius 1 is 0.819 bits per heavy atom. The summed E-state index contributed by atoms with van der Waals surface area (Å²) >= 11 is 7.62. The molecule has 0 radical (unpaired) electrons. The highest BCUT2D eigenvalue weighted by Crippen LogP contribution is 2.45. The minimum Gasteiger partial charge on any atom is -0.465 e. The number of piperidine rings is 1. The van der Waals surface area contributed by atoms with E-state index in [1.807, 2.05) is 63.4 Å². The molecule has 1 atom stereocenters. The molecule has 0 amide bonds. The Hall–Kier alpha value is -5.63. The summed E-state index contributed by atoms with van der Waals surface area (Å²) in [7, 11) is -19.0. The van der Waals surface area contributed by atoms with Gasteiger partial charge in [-0.2, -0.15) is 13.2 Å². The van der Waals surface area contributed by atoms with Crippen molar-refractivity contribution in [2.24, 2.45) is 5.92 Å². The maximum Gasteiger partial charge on any atom is 0.501 e. The van der Waals surface area contributed by atoms with Crippen molar-refractivity contribution >= 4 is 89.4 Å². The number of benzene rings is 5. The predicted octanol–water partition coefficient (Wildman–Crippen LogP) is 10.7. The molecular weight excluding hydrogens is 1200 g/mol. The maximum atomic E-state index is 15.8. The number of piperazine rings is 1. The summed E-state index contributed by atoms with van der Waals surface area (Å²) in [5, 5.41) is 3.48. The Morgan fingerprint density at radius 3 is 2.04 bits per heavy atom. The van der Waals surface area contributed by atoms with Crippen LogP contribution < -0.4 is 19.8 Å². The minimum atomic E-state index is -6.13. The van der Waals surface area contributed by atoms with Gasteiger partial charge < -0.3 is 39.1 Å². The van der Waals surface area contributed by atoms with Gasteiger partial charge in [0.25, 0.3) is 19.9 Å². The highest BCUT2D eigenvalue weighted by atomic mass is 35.5. The number of ether oxygens (including phenoxy) is 1. The van der Waals surface area contributed by atoms with Gasteiger partial charge in [0.1, 0.15) is 17.3 Å². The lowest BCUT2D eigenvalue weighted by molar-refractivity contribution is -0.149. The molecule has 83 heavy (non-hydrogen) atoms. The van der Waals surface area contributed by atoms with Crippen LogP contribution in [-0.4, -0.2) is 133 Å². The molecule has 0 bridgehead atoms. The van der Waals surface area contributed by atoms with Crippen molar-refractivity contribution in [3.8, 4) is 22.4 Å². The minimum absolute atomic E-state index is 0.0360. The van der Waals surface area contributed by atoms with E-state index >= 15 is 4.39 Å². The fourth-order valence-corrected chi connectivity index (χ4v) is 15.2. The molecule has 0 spiro atoms. The summed E-state index contributed by atoms with van der Waals surface area (Å²) < 4.78 is 161. The topological polar surface area (TPSA) is 225 Å². The molecule has 2 aliphatic rings. The molecular formula is C56H64ClF4N6O11PS4. The van der Waals surface area contributed by atoms with Crippen molar-refractivity contribution in [2.45, 2.75) is 77.2 Å². The second-order valence-electron chi connectivity index (χ2n) is 20.7. The summed E-state index contributed by atoms with van der Waals surface area (Å²) in [6, 6.07) is 28.6. The van der Waals surface area contributed by atoms with Crippen molar-refractivity contribution in [2.75, 3.05) is 90.4 Å². The van der Waals surface area contributed by atoms with Gasteiger partial charge in [-0.05, 0) is 149 Å². The van der Waals surface area contributed by atoms with Gasteiger partial charge in [0.05, 0.1) is 33.3 Å². The molecule has 6 aromatic rings. The van der Waals surface area contributed by atoms with Crippen LogP contribution in [0.25, 0.3) is 22.4 Å². The third kappa shape index (κ3) is 15.6. The molecule has 4 N–H and O–H groups in total. The summed E-state index contributed by atoms with van der Waals surface area (Å²) in [6.07, 6.45) is 1.60. The normalized spacial score (nSPS) is 15.6. The average Bonchev–Trinajstić information content (AvgIpc) is 2.05. The third-order valence-electron chi connectivity index (χ3n) is 14.5. The molecule has 5 aromatic carbocycles. The molecule has 1 aromatic heterocycles. The lowest BCUT2D eigenvalue weighted by Crippen LogP contribution is -2.46. The molecule has 8 rings (SSSR count). The molecule has 0 aliphatic carbocycles. The standard InChI is InChI=1S/C56H64ClF4N6O11PS4/c1-37(2)67-38(3)54(81(4,72)73)52(53(67)39-10-12-42(57)13-11-39)41-32-43(58)34-47(33-41)66-28-26-65(27-29-66)46-16-14-44(15-17-46)63-83(76,77)49-18-19-50(51(35-49)82(74,75)56(59,60)61)62-45(36-80-48-8-6-5-7-9-48)22-25-64-23-20-40(21-24-64)55(68)78-30-31-79(69,70)71/h5-19,32-35,37,40,45,62-63H,20-31,36H2,1-4H3,(H2,69,70,71). The van der Waals surface area contributed by atoms with Crippen LogP contribution in [0.3, 0.4) is 0 Å². The van der Waals surface area contributed by atoms with Crippen molar-refractivity contribution in [3.63, 3.8) is 0 Å². The zero-order valence-corrected chi connectivity index (χ0v) is 50.6. The number of alkyl halides is 3. The van der Waals surface area contributed by atoms with Crippen LogP contribution in [0.4, 0.5) is 40.3 Å². The zero-order valence-electron chi connectivity index (χ0n) is 45.7. The predicted molar refractivity (Wildman–Crippen MR) is 316 cm³/mol. The molecule has 2 fully saturated rings. The number of hydrogen-bond acceptors (Lipinski definition) is 14. The van der Waals surface area contributed by atoms with Crippen molar-refractivity contribution in [1.29, 1.82) is 0 Å². The first kappa shape index (κ1) is 63.4. The number of nitrogens with zero attached hydrogens (tertiary/aromatic N) is 4. The number of thioether (sulfide) groups is 1. The van der Waals surface area contributed by atoms with Crippen molar-refractivity contribution in [1.82, 2.24) is 9.47 Å². The van der Waals surface area contributed by atoms with E-state index in [-0.39, 0.29) is 22.4 Å². The number of nitrogens with one attached hydrogen (secondary N) is 2. The number of likely N-dealkylation sites (tertiary alicyclic amines) is 1. The number of anilines is 4. The molecule has 448 valence electrons. The van der Waals surface area contributed by atoms with E-state index in [4.69, 9.17) is 26.1 Å². The van der Waals surface area contributed by atoms with E-state index in [0.29, 0.717) is 116 Å². The van der Waals surface area contributed by atoms with Crippen LogP contribution in [0.15, 0.2) is 135 Å². The Balaban J connectivity index is 0.959. The summed E-state index contributed by atoms with van der Waals surface area (Å²) in [5.74, 6) is -1.37. The van der Waals surface area contributed by atoms with Gasteiger partial charge in [-0.1, -0.05) is 41.9 Å². The van der Waals surface area contributed by atoms with Gasteiger partial charge in [0.2, 0.25) is 0 Å². The van der Waals surface area contributed by atoms with E-state index in [9.17, 15) is 47.8 Å². The molecule has 3 heterocycles. The van der Waals surface area contributed by atoms with E-state index in [1.165, 1.54) is 36.0 Å². The smallest absolute Gasteiger partial charge is 0.465 e. The van der Waals surface area contributed by atoms with Gasteiger partial charge in [0.15, 0.2) is 9.84 Å². The highest BCUT2D eigenvalue weighted by molar-refractivity contribution is 7.99. The number of sulfone groups is 2. The fraction of sp³-hybridized carbons (Fsp3) is 0.375. The van der Waals surface area contributed by atoms with Crippen LogP contribution >= 0.6 is 31.0 Å². The van der Waals surface area contributed by atoms with Gasteiger partial charge in [0, 0.05) is 95.1 Å². The summed E-state index contributed by atoms with van der Waals surface area (Å²) in [6.45, 7) is 8.18. The van der Waals surface area contributed by atoms with E-state index < -0.39 is 94.8 Å². The SMILES string of the molecule is Cc1c(S(C)(=O)=O)c(-c2cc(F)cc(N3CCN(c4ccc(NS(=O)(=O)c5ccc(NC(CCN6CCC(C(=O)OCCP(=O)(O)O)CC6)CSc6ccccc6)c(S(=O)(=O)C(F)(F)F)c5)cc4)CC3)c2)c(-c2ccc(Cl)cc2)n1C(C)C. The van der Waals surface area contributed by atoms with Gasteiger partial charge >= 0.3 is 19.1 Å².